The lowest BCUT2D eigenvalue weighted by Gasteiger charge is -2.26. The summed E-state index contributed by atoms with van der Waals surface area (Å²) in [5.41, 5.74) is 1.12. The van der Waals surface area contributed by atoms with Crippen molar-refractivity contribution >= 4 is 10.0 Å². The van der Waals surface area contributed by atoms with Gasteiger partial charge in [-0.25, -0.2) is 8.42 Å². The largest absolute Gasteiger partial charge is 0.496 e. The number of nitrogens with zero attached hydrogens (tertiary/aromatic N) is 3. The van der Waals surface area contributed by atoms with Gasteiger partial charge in [0, 0.05) is 18.7 Å². The molecule has 0 bridgehead atoms. The Bertz CT molecular complexity index is 1140. The van der Waals surface area contributed by atoms with Crippen molar-refractivity contribution in [2.24, 2.45) is 0 Å². The summed E-state index contributed by atoms with van der Waals surface area (Å²) in [6.45, 7) is 1.28. The quantitative estimate of drug-likeness (QED) is 0.586. The first-order chi connectivity index (χ1) is 14.5. The van der Waals surface area contributed by atoms with Gasteiger partial charge in [-0.2, -0.15) is 4.31 Å². The summed E-state index contributed by atoms with van der Waals surface area (Å²) in [6, 6.07) is 12.0. The fraction of sp³-hybridized carbons (Fsp3) is 0.300. The molecule has 1 aliphatic heterocycles. The van der Waals surface area contributed by atoms with Crippen LogP contribution in [0, 0.1) is 0 Å². The second-order valence-corrected chi connectivity index (χ2v) is 8.40. The van der Waals surface area contributed by atoms with Gasteiger partial charge in [0.1, 0.15) is 16.4 Å². The van der Waals surface area contributed by atoms with E-state index in [-0.39, 0.29) is 35.5 Å². The van der Waals surface area contributed by atoms with Crippen molar-refractivity contribution in [3.63, 3.8) is 0 Å². The molecule has 0 saturated carbocycles. The van der Waals surface area contributed by atoms with Crippen molar-refractivity contribution in [2.45, 2.75) is 4.90 Å². The maximum absolute atomic E-state index is 13.2. The van der Waals surface area contributed by atoms with Gasteiger partial charge in [0.05, 0.1) is 33.0 Å². The molecule has 2 heterocycles. The van der Waals surface area contributed by atoms with Crippen molar-refractivity contribution in [2.75, 3.05) is 40.5 Å². The van der Waals surface area contributed by atoms with Crippen LogP contribution in [0.15, 0.2) is 51.8 Å². The van der Waals surface area contributed by atoms with E-state index in [1.54, 1.807) is 31.4 Å². The average molecular weight is 431 g/mol. The monoisotopic (exact) mass is 431 g/mol. The number of hydrogen-bond donors (Lipinski definition) is 0. The fourth-order valence-corrected chi connectivity index (χ4v) is 4.80. The first-order valence-corrected chi connectivity index (χ1v) is 10.7. The Labute approximate surface area is 174 Å². The minimum Gasteiger partial charge on any atom is -0.496 e. The average Bonchev–Trinajstić information content (AvgIpc) is 3.29. The van der Waals surface area contributed by atoms with Gasteiger partial charge >= 0.3 is 0 Å². The Balaban J connectivity index is 1.73. The van der Waals surface area contributed by atoms with Gasteiger partial charge in [0.15, 0.2) is 0 Å². The van der Waals surface area contributed by atoms with Crippen LogP contribution in [0.2, 0.25) is 0 Å². The van der Waals surface area contributed by atoms with Crippen molar-refractivity contribution < 1.29 is 27.0 Å². The Morgan fingerprint density at radius 2 is 1.63 bits per heavy atom. The van der Waals surface area contributed by atoms with Crippen LogP contribution in [-0.2, 0) is 14.8 Å². The molecule has 2 aromatic carbocycles. The molecule has 1 fully saturated rings. The predicted octanol–water partition coefficient (Wildman–Crippen LogP) is 2.44. The van der Waals surface area contributed by atoms with E-state index in [0.29, 0.717) is 30.1 Å². The molecule has 3 aromatic rings. The van der Waals surface area contributed by atoms with E-state index in [2.05, 4.69) is 10.2 Å². The van der Waals surface area contributed by atoms with Gasteiger partial charge in [-0.3, -0.25) is 0 Å². The van der Waals surface area contributed by atoms with Crippen LogP contribution in [0.5, 0.6) is 11.5 Å². The molecule has 0 amide bonds. The third kappa shape index (κ3) is 3.76. The molecule has 0 radical (unpaired) electrons. The van der Waals surface area contributed by atoms with Crippen LogP contribution >= 0.6 is 0 Å². The number of rotatable bonds is 6. The molecule has 0 N–H and O–H groups in total. The van der Waals surface area contributed by atoms with Gasteiger partial charge in [-0.1, -0.05) is 12.1 Å². The number of morpholine rings is 1. The zero-order valence-corrected chi connectivity index (χ0v) is 17.4. The number of benzene rings is 2. The normalized spacial score (nSPS) is 15.1. The standard InChI is InChI=1S/C20H21N3O6S/c1-26-16-6-4-3-5-15(16)20-22-21-19(29-20)14-7-8-17(27-2)18(13-14)30(24,25)23-9-11-28-12-10-23/h3-8,13H,9-12H2,1-2H3. The molecule has 4 rings (SSSR count). The second-order valence-electron chi connectivity index (χ2n) is 6.49. The van der Waals surface area contributed by atoms with Gasteiger partial charge in [-0.15, -0.1) is 10.2 Å². The molecule has 1 aromatic heterocycles. The van der Waals surface area contributed by atoms with Gasteiger partial charge in [0.25, 0.3) is 5.89 Å². The molecular weight excluding hydrogens is 410 g/mol. The summed E-state index contributed by atoms with van der Waals surface area (Å²) in [7, 11) is -0.785. The highest BCUT2D eigenvalue weighted by molar-refractivity contribution is 7.89. The van der Waals surface area contributed by atoms with Gasteiger partial charge < -0.3 is 18.6 Å². The number of sulfonamides is 1. The summed E-state index contributed by atoms with van der Waals surface area (Å²) in [5, 5.41) is 8.18. The first-order valence-electron chi connectivity index (χ1n) is 9.28. The molecule has 1 saturated heterocycles. The minimum atomic E-state index is -3.77. The molecule has 10 heteroatoms. The number of methoxy groups -OCH3 is 2. The predicted molar refractivity (Wildman–Crippen MR) is 108 cm³/mol. The number of hydrogen-bond acceptors (Lipinski definition) is 8. The van der Waals surface area contributed by atoms with Crippen molar-refractivity contribution in [3.05, 3.63) is 42.5 Å². The van der Waals surface area contributed by atoms with E-state index >= 15 is 0 Å². The molecular formula is C20H21N3O6S. The van der Waals surface area contributed by atoms with E-state index in [0.717, 1.165) is 0 Å². The van der Waals surface area contributed by atoms with Crippen molar-refractivity contribution in [1.82, 2.24) is 14.5 Å². The highest BCUT2D eigenvalue weighted by Crippen LogP contribution is 2.34. The lowest BCUT2D eigenvalue weighted by molar-refractivity contribution is 0.0729. The first kappa shape index (κ1) is 20.3. The molecule has 0 atom stereocenters. The van der Waals surface area contributed by atoms with Gasteiger partial charge in [-0.05, 0) is 30.3 Å². The molecule has 30 heavy (non-hydrogen) atoms. The molecule has 9 nitrogen and oxygen atoms in total. The molecule has 1 aliphatic rings. The topological polar surface area (TPSA) is 104 Å². The maximum Gasteiger partial charge on any atom is 0.251 e. The summed E-state index contributed by atoms with van der Waals surface area (Å²) in [6.07, 6.45) is 0. The summed E-state index contributed by atoms with van der Waals surface area (Å²) >= 11 is 0. The lowest BCUT2D eigenvalue weighted by atomic mass is 10.2. The summed E-state index contributed by atoms with van der Waals surface area (Å²) in [5.74, 6) is 1.31. The number of aromatic nitrogens is 2. The Morgan fingerprint density at radius 3 is 2.37 bits per heavy atom. The third-order valence-corrected chi connectivity index (χ3v) is 6.68. The zero-order chi connectivity index (χ0) is 21.1. The number of para-hydroxylation sites is 1. The number of ether oxygens (including phenoxy) is 3. The van der Waals surface area contributed by atoms with E-state index < -0.39 is 10.0 Å². The Morgan fingerprint density at radius 1 is 0.933 bits per heavy atom. The van der Waals surface area contributed by atoms with E-state index in [1.807, 2.05) is 12.1 Å². The molecule has 0 unspecified atom stereocenters. The van der Waals surface area contributed by atoms with Gasteiger partial charge in [0.2, 0.25) is 15.9 Å². The smallest absolute Gasteiger partial charge is 0.251 e. The highest BCUT2D eigenvalue weighted by atomic mass is 32.2. The SMILES string of the molecule is COc1ccccc1-c1nnc(-c2ccc(OC)c(S(=O)(=O)N3CCOCC3)c2)o1. The Hall–Kier alpha value is -2.95. The summed E-state index contributed by atoms with van der Waals surface area (Å²) in [4.78, 5) is 0.0430. The lowest BCUT2D eigenvalue weighted by Crippen LogP contribution is -2.40. The fourth-order valence-electron chi connectivity index (χ4n) is 3.21. The Kier molecular flexibility index (Phi) is 5.71. The van der Waals surface area contributed by atoms with Crippen molar-refractivity contribution in [3.8, 4) is 34.4 Å². The highest BCUT2D eigenvalue weighted by Gasteiger charge is 2.30. The second kappa shape index (κ2) is 8.42. The minimum absolute atomic E-state index is 0.0430. The summed E-state index contributed by atoms with van der Waals surface area (Å²) < 4.78 is 49.4. The van der Waals surface area contributed by atoms with E-state index in [4.69, 9.17) is 18.6 Å². The maximum atomic E-state index is 13.2. The molecule has 158 valence electrons. The third-order valence-electron chi connectivity index (χ3n) is 4.76. The van der Waals surface area contributed by atoms with Crippen LogP contribution in [0.4, 0.5) is 0 Å². The van der Waals surface area contributed by atoms with Crippen LogP contribution in [0.25, 0.3) is 22.9 Å². The molecule has 0 aliphatic carbocycles. The van der Waals surface area contributed by atoms with Crippen LogP contribution < -0.4 is 9.47 Å². The van der Waals surface area contributed by atoms with Crippen LogP contribution in [0.1, 0.15) is 0 Å². The van der Waals surface area contributed by atoms with E-state index in [9.17, 15) is 8.42 Å². The molecule has 0 spiro atoms. The van der Waals surface area contributed by atoms with Crippen LogP contribution in [0.3, 0.4) is 0 Å². The van der Waals surface area contributed by atoms with E-state index in [1.165, 1.54) is 17.5 Å². The zero-order valence-electron chi connectivity index (χ0n) is 16.6. The van der Waals surface area contributed by atoms with Crippen LogP contribution in [-0.4, -0.2) is 63.4 Å². The van der Waals surface area contributed by atoms with Crippen molar-refractivity contribution in [1.29, 1.82) is 0 Å².